The Morgan fingerprint density at radius 1 is 1.04 bits per heavy atom. The molecule has 2 aromatic carbocycles. The predicted molar refractivity (Wildman–Crippen MR) is 94.9 cm³/mol. The Morgan fingerprint density at radius 3 is 2.46 bits per heavy atom. The zero-order valence-electron chi connectivity index (χ0n) is 13.4. The third kappa shape index (κ3) is 3.21. The van der Waals surface area contributed by atoms with E-state index in [1.807, 2.05) is 30.3 Å². The minimum atomic E-state index is 0.140. The van der Waals surface area contributed by atoms with Crippen molar-refractivity contribution in [2.45, 2.75) is 6.04 Å². The number of halogens is 1. The summed E-state index contributed by atoms with van der Waals surface area (Å²) >= 11 is 6.02. The zero-order valence-corrected chi connectivity index (χ0v) is 14.2. The number of nitriles is 2. The first-order valence-electron chi connectivity index (χ1n) is 7.77. The van der Waals surface area contributed by atoms with Crippen LogP contribution in [0.15, 0.2) is 42.5 Å². The monoisotopic (exact) mass is 336 g/mol. The normalized spacial score (nSPS) is 18.0. The van der Waals surface area contributed by atoms with E-state index >= 15 is 0 Å². The van der Waals surface area contributed by atoms with Gasteiger partial charge in [-0.15, -0.1) is 0 Å². The maximum atomic E-state index is 9.50. The lowest BCUT2D eigenvalue weighted by Crippen LogP contribution is -2.47. The van der Waals surface area contributed by atoms with Gasteiger partial charge < -0.3 is 9.80 Å². The Hall–Kier alpha value is -2.53. The van der Waals surface area contributed by atoms with Crippen LogP contribution in [0.3, 0.4) is 0 Å². The number of hydrogen-bond donors (Lipinski definition) is 0. The molecule has 2 aromatic rings. The van der Waals surface area contributed by atoms with Gasteiger partial charge in [0.2, 0.25) is 0 Å². The average molecular weight is 337 g/mol. The first-order chi connectivity index (χ1) is 11.6. The molecule has 0 bridgehead atoms. The van der Waals surface area contributed by atoms with Crippen molar-refractivity contribution >= 4 is 17.3 Å². The standard InChI is InChI=1S/C19H17ClN4/c1-23-8-9-24(18-7-2-14(11-21)10-16(18)12-22)19(13-23)15-3-5-17(20)6-4-15/h2-7,10,19H,8-9,13H2,1H3/t19-/m0/s1. The van der Waals surface area contributed by atoms with E-state index in [1.54, 1.807) is 12.1 Å². The minimum absolute atomic E-state index is 0.140. The van der Waals surface area contributed by atoms with Gasteiger partial charge in [-0.25, -0.2) is 0 Å². The van der Waals surface area contributed by atoms with E-state index in [1.165, 1.54) is 5.56 Å². The highest BCUT2D eigenvalue weighted by Crippen LogP contribution is 2.33. The second-order valence-electron chi connectivity index (χ2n) is 5.98. The lowest BCUT2D eigenvalue weighted by Gasteiger charge is -2.42. The van der Waals surface area contributed by atoms with Crippen molar-refractivity contribution in [1.82, 2.24) is 4.90 Å². The van der Waals surface area contributed by atoms with Crippen LogP contribution in [0.25, 0.3) is 0 Å². The maximum Gasteiger partial charge on any atom is 0.101 e. The number of nitrogens with zero attached hydrogens (tertiary/aromatic N) is 4. The Balaban J connectivity index is 2.03. The fourth-order valence-electron chi connectivity index (χ4n) is 3.12. The highest BCUT2D eigenvalue weighted by Gasteiger charge is 2.28. The molecular weight excluding hydrogens is 320 g/mol. The fraction of sp³-hybridized carbons (Fsp3) is 0.263. The summed E-state index contributed by atoms with van der Waals surface area (Å²) in [7, 11) is 2.10. The summed E-state index contributed by atoms with van der Waals surface area (Å²) in [5, 5.41) is 19.3. The van der Waals surface area contributed by atoms with Crippen LogP contribution in [-0.2, 0) is 0 Å². The first-order valence-corrected chi connectivity index (χ1v) is 8.15. The van der Waals surface area contributed by atoms with Gasteiger partial charge in [0.15, 0.2) is 0 Å². The molecule has 0 spiro atoms. The molecule has 0 amide bonds. The topological polar surface area (TPSA) is 54.1 Å². The quantitative estimate of drug-likeness (QED) is 0.841. The van der Waals surface area contributed by atoms with E-state index in [2.05, 4.69) is 29.0 Å². The highest BCUT2D eigenvalue weighted by atomic mass is 35.5. The van der Waals surface area contributed by atoms with Crippen LogP contribution in [0.2, 0.25) is 5.02 Å². The molecule has 1 aliphatic rings. The van der Waals surface area contributed by atoms with Gasteiger partial charge in [-0.05, 0) is 42.9 Å². The molecule has 1 aliphatic heterocycles. The number of piperazine rings is 1. The summed E-state index contributed by atoms with van der Waals surface area (Å²) in [6.07, 6.45) is 0. The van der Waals surface area contributed by atoms with Crippen LogP contribution in [0.5, 0.6) is 0 Å². The van der Waals surface area contributed by atoms with Crippen LogP contribution in [0.1, 0.15) is 22.7 Å². The maximum absolute atomic E-state index is 9.50. The summed E-state index contributed by atoms with van der Waals surface area (Å²) in [6, 6.07) is 17.6. The summed E-state index contributed by atoms with van der Waals surface area (Å²) in [5.41, 5.74) is 3.09. The molecule has 5 heteroatoms. The van der Waals surface area contributed by atoms with Gasteiger partial charge in [0, 0.05) is 24.7 Å². The molecule has 0 aromatic heterocycles. The van der Waals surface area contributed by atoms with E-state index < -0.39 is 0 Å². The van der Waals surface area contributed by atoms with E-state index in [4.69, 9.17) is 16.9 Å². The summed E-state index contributed by atoms with van der Waals surface area (Å²) in [5.74, 6) is 0. The van der Waals surface area contributed by atoms with Crippen molar-refractivity contribution in [2.75, 3.05) is 31.6 Å². The van der Waals surface area contributed by atoms with E-state index in [0.29, 0.717) is 16.1 Å². The first kappa shape index (κ1) is 16.3. The molecule has 0 aliphatic carbocycles. The van der Waals surface area contributed by atoms with Crippen molar-refractivity contribution in [3.05, 3.63) is 64.2 Å². The second kappa shape index (κ2) is 6.93. The van der Waals surface area contributed by atoms with Gasteiger partial charge in [-0.2, -0.15) is 10.5 Å². The van der Waals surface area contributed by atoms with Crippen molar-refractivity contribution in [3.63, 3.8) is 0 Å². The second-order valence-corrected chi connectivity index (χ2v) is 6.41. The van der Waals surface area contributed by atoms with Gasteiger partial charge in [0.1, 0.15) is 6.07 Å². The van der Waals surface area contributed by atoms with Gasteiger partial charge >= 0.3 is 0 Å². The lowest BCUT2D eigenvalue weighted by atomic mass is 9.99. The zero-order chi connectivity index (χ0) is 17.1. The Labute approximate surface area is 147 Å². The summed E-state index contributed by atoms with van der Waals surface area (Å²) in [6.45, 7) is 2.62. The molecular formula is C19H17ClN4. The highest BCUT2D eigenvalue weighted by molar-refractivity contribution is 6.30. The molecule has 1 fully saturated rings. The van der Waals surface area contributed by atoms with Crippen LogP contribution in [-0.4, -0.2) is 31.6 Å². The molecule has 0 saturated carbocycles. The lowest BCUT2D eigenvalue weighted by molar-refractivity contribution is 0.269. The molecule has 3 rings (SSSR count). The number of anilines is 1. The van der Waals surface area contributed by atoms with Crippen LogP contribution in [0.4, 0.5) is 5.69 Å². The molecule has 120 valence electrons. The Bertz CT molecular complexity index is 817. The molecule has 1 saturated heterocycles. The van der Waals surface area contributed by atoms with Crippen molar-refractivity contribution in [2.24, 2.45) is 0 Å². The molecule has 24 heavy (non-hydrogen) atoms. The van der Waals surface area contributed by atoms with Crippen molar-refractivity contribution in [1.29, 1.82) is 10.5 Å². The molecule has 0 N–H and O–H groups in total. The Morgan fingerprint density at radius 2 is 1.79 bits per heavy atom. The van der Waals surface area contributed by atoms with Crippen molar-refractivity contribution < 1.29 is 0 Å². The molecule has 4 nitrogen and oxygen atoms in total. The number of hydrogen-bond acceptors (Lipinski definition) is 4. The van der Waals surface area contributed by atoms with Gasteiger partial charge in [-0.3, -0.25) is 0 Å². The largest absolute Gasteiger partial charge is 0.361 e. The molecule has 0 radical (unpaired) electrons. The van der Waals surface area contributed by atoms with Gasteiger partial charge in [0.25, 0.3) is 0 Å². The average Bonchev–Trinajstić information content (AvgIpc) is 2.62. The van der Waals surface area contributed by atoms with Crippen LogP contribution < -0.4 is 4.90 Å². The van der Waals surface area contributed by atoms with E-state index in [-0.39, 0.29) is 6.04 Å². The van der Waals surface area contributed by atoms with Crippen LogP contribution in [0, 0.1) is 22.7 Å². The smallest absolute Gasteiger partial charge is 0.101 e. The number of benzene rings is 2. The summed E-state index contributed by atoms with van der Waals surface area (Å²) in [4.78, 5) is 4.54. The minimum Gasteiger partial charge on any atom is -0.361 e. The SMILES string of the molecule is CN1CCN(c2ccc(C#N)cc2C#N)[C@H](c2ccc(Cl)cc2)C1. The van der Waals surface area contributed by atoms with Gasteiger partial charge in [-0.1, -0.05) is 23.7 Å². The molecule has 1 atom stereocenters. The van der Waals surface area contributed by atoms with Crippen LogP contribution >= 0.6 is 11.6 Å². The molecule has 1 heterocycles. The van der Waals surface area contributed by atoms with Crippen molar-refractivity contribution in [3.8, 4) is 12.1 Å². The Kier molecular flexibility index (Phi) is 4.71. The molecule has 0 unspecified atom stereocenters. The third-order valence-corrected chi connectivity index (χ3v) is 4.65. The van der Waals surface area contributed by atoms with E-state index in [9.17, 15) is 5.26 Å². The van der Waals surface area contributed by atoms with E-state index in [0.717, 1.165) is 25.3 Å². The number of likely N-dealkylation sites (N-methyl/N-ethyl adjacent to an activating group) is 1. The predicted octanol–water partition coefficient (Wildman–Crippen LogP) is 3.58. The third-order valence-electron chi connectivity index (χ3n) is 4.39. The summed E-state index contributed by atoms with van der Waals surface area (Å²) < 4.78 is 0. The fourth-order valence-corrected chi connectivity index (χ4v) is 3.25. The number of rotatable bonds is 2. The van der Waals surface area contributed by atoms with Gasteiger partial charge in [0.05, 0.1) is 28.9 Å².